The van der Waals surface area contributed by atoms with Gasteiger partial charge in [0.05, 0.1) is 17.7 Å². The largest absolute Gasteiger partial charge is 0.465 e. The Morgan fingerprint density at radius 3 is 2.93 bits per heavy atom. The van der Waals surface area contributed by atoms with Crippen molar-refractivity contribution < 1.29 is 9.53 Å². The number of hydrogen-bond donors (Lipinski definition) is 2. The van der Waals surface area contributed by atoms with Crippen LogP contribution in [0, 0.1) is 0 Å². The van der Waals surface area contributed by atoms with Gasteiger partial charge in [-0.1, -0.05) is 29.8 Å². The van der Waals surface area contributed by atoms with E-state index >= 15 is 0 Å². The zero-order valence-corrected chi connectivity index (χ0v) is 17.4. The highest BCUT2D eigenvalue weighted by Crippen LogP contribution is 2.26. The Bertz CT molecular complexity index is 859. The predicted molar refractivity (Wildman–Crippen MR) is 119 cm³/mol. The van der Waals surface area contributed by atoms with E-state index in [4.69, 9.17) is 28.6 Å². The standard InChI is InChI=1S/C21H24ClN3O2S/c1-27-20(26)17-14-16(9-10-18(17)22)24-21(28)23-11-5-13-25-12-4-7-15-6-2-3-8-19(15)25/h2-3,6,8-10,14H,4-5,7,11-13H2,1H3,(H2,23,24,28). The molecule has 1 aliphatic rings. The maximum absolute atomic E-state index is 11.7. The number of thiocarbonyl (C=S) groups is 1. The zero-order chi connectivity index (χ0) is 19.9. The molecule has 3 rings (SSSR count). The Morgan fingerprint density at radius 2 is 2.11 bits per heavy atom. The summed E-state index contributed by atoms with van der Waals surface area (Å²) in [4.78, 5) is 14.2. The molecule has 0 bridgehead atoms. The fourth-order valence-electron chi connectivity index (χ4n) is 3.36. The number of fused-ring (bicyclic) bond motifs is 1. The third-order valence-electron chi connectivity index (χ3n) is 4.73. The van der Waals surface area contributed by atoms with Crippen molar-refractivity contribution in [1.29, 1.82) is 0 Å². The van der Waals surface area contributed by atoms with Crippen LogP contribution in [0.2, 0.25) is 5.02 Å². The number of rotatable bonds is 6. The Labute approximate surface area is 176 Å². The lowest BCUT2D eigenvalue weighted by molar-refractivity contribution is 0.0601. The number of esters is 1. The van der Waals surface area contributed by atoms with Gasteiger partial charge >= 0.3 is 5.97 Å². The van der Waals surface area contributed by atoms with Crippen LogP contribution in [0.5, 0.6) is 0 Å². The van der Waals surface area contributed by atoms with Gasteiger partial charge in [-0.05, 0) is 61.3 Å². The summed E-state index contributed by atoms with van der Waals surface area (Å²) >= 11 is 11.4. The van der Waals surface area contributed by atoms with Crippen LogP contribution in [0.1, 0.15) is 28.8 Å². The van der Waals surface area contributed by atoms with Crippen LogP contribution >= 0.6 is 23.8 Å². The SMILES string of the molecule is COC(=O)c1cc(NC(=S)NCCCN2CCCc3ccccc32)ccc1Cl. The van der Waals surface area contributed by atoms with Gasteiger partial charge < -0.3 is 20.3 Å². The molecule has 0 aromatic heterocycles. The molecule has 0 fully saturated rings. The van der Waals surface area contributed by atoms with Crippen LogP contribution in [0.25, 0.3) is 0 Å². The normalized spacial score (nSPS) is 12.9. The summed E-state index contributed by atoms with van der Waals surface area (Å²) in [5.41, 5.74) is 3.78. The van der Waals surface area contributed by atoms with E-state index in [-0.39, 0.29) is 0 Å². The van der Waals surface area contributed by atoms with E-state index in [0.717, 1.165) is 32.5 Å². The fourth-order valence-corrected chi connectivity index (χ4v) is 3.77. The van der Waals surface area contributed by atoms with Crippen molar-refractivity contribution >= 4 is 46.3 Å². The van der Waals surface area contributed by atoms with Crippen LogP contribution in [0.4, 0.5) is 11.4 Å². The van der Waals surface area contributed by atoms with Gasteiger partial charge in [-0.15, -0.1) is 0 Å². The molecule has 1 aliphatic heterocycles. The Hall–Kier alpha value is -2.31. The number of carbonyl (C=O) groups excluding carboxylic acids is 1. The second-order valence-electron chi connectivity index (χ2n) is 6.64. The molecule has 0 radical (unpaired) electrons. The number of methoxy groups -OCH3 is 1. The highest BCUT2D eigenvalue weighted by molar-refractivity contribution is 7.80. The highest BCUT2D eigenvalue weighted by Gasteiger charge is 2.15. The maximum atomic E-state index is 11.7. The number of anilines is 2. The van der Waals surface area contributed by atoms with Gasteiger partial charge in [0.1, 0.15) is 0 Å². The third kappa shape index (κ3) is 5.14. The molecule has 0 spiro atoms. The summed E-state index contributed by atoms with van der Waals surface area (Å²) in [6, 6.07) is 13.7. The number of hydrogen-bond acceptors (Lipinski definition) is 4. The first-order chi connectivity index (χ1) is 13.6. The molecule has 2 N–H and O–H groups in total. The number of carbonyl (C=O) groups is 1. The van der Waals surface area contributed by atoms with Crippen LogP contribution in [-0.4, -0.2) is 37.8 Å². The lowest BCUT2D eigenvalue weighted by Gasteiger charge is -2.31. The number of para-hydroxylation sites is 1. The van der Waals surface area contributed by atoms with Crippen LogP contribution in [-0.2, 0) is 11.2 Å². The van der Waals surface area contributed by atoms with Crippen molar-refractivity contribution in [3.63, 3.8) is 0 Å². The Balaban J connectivity index is 1.46. The van der Waals surface area contributed by atoms with Gasteiger partial charge in [0, 0.05) is 31.0 Å². The summed E-state index contributed by atoms with van der Waals surface area (Å²) in [6.07, 6.45) is 3.33. The van der Waals surface area contributed by atoms with Crippen molar-refractivity contribution in [1.82, 2.24) is 5.32 Å². The first-order valence-corrected chi connectivity index (χ1v) is 10.1. The highest BCUT2D eigenvalue weighted by atomic mass is 35.5. The van der Waals surface area contributed by atoms with Gasteiger partial charge in [0.15, 0.2) is 5.11 Å². The minimum absolute atomic E-state index is 0.306. The van der Waals surface area contributed by atoms with E-state index in [0.29, 0.717) is 21.4 Å². The smallest absolute Gasteiger partial charge is 0.339 e. The minimum Gasteiger partial charge on any atom is -0.465 e. The van der Waals surface area contributed by atoms with Gasteiger partial charge in [0.25, 0.3) is 0 Å². The molecule has 0 saturated heterocycles. The molecular weight excluding hydrogens is 394 g/mol. The van der Waals surface area contributed by atoms with E-state index in [1.54, 1.807) is 18.2 Å². The monoisotopic (exact) mass is 417 g/mol. The fraction of sp³-hybridized carbons (Fsp3) is 0.333. The Morgan fingerprint density at radius 1 is 1.29 bits per heavy atom. The molecule has 0 unspecified atom stereocenters. The molecule has 0 saturated carbocycles. The van der Waals surface area contributed by atoms with E-state index in [1.165, 1.54) is 24.8 Å². The van der Waals surface area contributed by atoms with Gasteiger partial charge in [-0.3, -0.25) is 0 Å². The number of nitrogens with zero attached hydrogens (tertiary/aromatic N) is 1. The molecule has 0 aliphatic carbocycles. The predicted octanol–water partition coefficient (Wildman–Crippen LogP) is 4.26. The maximum Gasteiger partial charge on any atom is 0.339 e. The van der Waals surface area contributed by atoms with Gasteiger partial charge in [-0.2, -0.15) is 0 Å². The van der Waals surface area contributed by atoms with Gasteiger partial charge in [0.2, 0.25) is 0 Å². The van der Waals surface area contributed by atoms with E-state index in [1.807, 2.05) is 0 Å². The third-order valence-corrected chi connectivity index (χ3v) is 5.30. The average molecular weight is 418 g/mol. The van der Waals surface area contributed by atoms with Crippen molar-refractivity contribution in [3.05, 3.63) is 58.6 Å². The average Bonchev–Trinajstić information content (AvgIpc) is 2.72. The number of aryl methyl sites for hydroxylation is 1. The van der Waals surface area contributed by atoms with Crippen LogP contribution < -0.4 is 15.5 Å². The van der Waals surface area contributed by atoms with E-state index in [9.17, 15) is 4.79 Å². The molecule has 5 nitrogen and oxygen atoms in total. The molecule has 1 heterocycles. The molecule has 28 heavy (non-hydrogen) atoms. The van der Waals surface area contributed by atoms with Crippen LogP contribution in [0.15, 0.2) is 42.5 Å². The van der Waals surface area contributed by atoms with Crippen molar-refractivity contribution in [2.24, 2.45) is 0 Å². The number of ether oxygens (including phenoxy) is 1. The molecule has 0 amide bonds. The first kappa shape index (κ1) is 20.4. The molecule has 0 atom stereocenters. The molecule has 2 aromatic rings. The van der Waals surface area contributed by atoms with Crippen molar-refractivity contribution in [2.75, 3.05) is 37.0 Å². The van der Waals surface area contributed by atoms with E-state index in [2.05, 4.69) is 39.8 Å². The number of halogens is 1. The van der Waals surface area contributed by atoms with E-state index < -0.39 is 5.97 Å². The minimum atomic E-state index is -0.477. The topological polar surface area (TPSA) is 53.6 Å². The quantitative estimate of drug-likeness (QED) is 0.416. The molecule has 148 valence electrons. The number of nitrogens with one attached hydrogen (secondary N) is 2. The number of benzene rings is 2. The zero-order valence-electron chi connectivity index (χ0n) is 15.8. The van der Waals surface area contributed by atoms with Crippen molar-refractivity contribution in [2.45, 2.75) is 19.3 Å². The second kappa shape index (κ2) is 9.75. The lowest BCUT2D eigenvalue weighted by Crippen LogP contribution is -2.34. The Kier molecular flexibility index (Phi) is 7.12. The summed E-state index contributed by atoms with van der Waals surface area (Å²) < 4.78 is 4.73. The summed E-state index contributed by atoms with van der Waals surface area (Å²) in [5, 5.41) is 7.16. The first-order valence-electron chi connectivity index (χ1n) is 9.34. The lowest BCUT2D eigenvalue weighted by atomic mass is 10.0. The van der Waals surface area contributed by atoms with Crippen molar-refractivity contribution in [3.8, 4) is 0 Å². The van der Waals surface area contributed by atoms with Crippen LogP contribution in [0.3, 0.4) is 0 Å². The second-order valence-corrected chi connectivity index (χ2v) is 7.46. The summed E-state index contributed by atoms with van der Waals surface area (Å²) in [7, 11) is 1.33. The van der Waals surface area contributed by atoms with Gasteiger partial charge in [-0.25, -0.2) is 4.79 Å². The summed E-state index contributed by atoms with van der Waals surface area (Å²) in [5.74, 6) is -0.477. The molecular formula is C21H24ClN3O2S. The molecule has 2 aromatic carbocycles. The molecule has 7 heteroatoms. The summed E-state index contributed by atoms with van der Waals surface area (Å²) in [6.45, 7) is 2.85.